The summed E-state index contributed by atoms with van der Waals surface area (Å²) in [5, 5.41) is 0. The van der Waals surface area contributed by atoms with Crippen LogP contribution < -0.4 is 11.3 Å². The van der Waals surface area contributed by atoms with Gasteiger partial charge in [0, 0.05) is 5.92 Å². The predicted octanol–water partition coefficient (Wildman–Crippen LogP) is 2.10. The van der Waals surface area contributed by atoms with Gasteiger partial charge in [0.25, 0.3) is 5.91 Å². The van der Waals surface area contributed by atoms with Crippen molar-refractivity contribution in [2.75, 3.05) is 0 Å². The van der Waals surface area contributed by atoms with Gasteiger partial charge in [0.1, 0.15) is 11.9 Å². The van der Waals surface area contributed by atoms with Gasteiger partial charge in [0.15, 0.2) is 0 Å². The third kappa shape index (κ3) is 2.33. The van der Waals surface area contributed by atoms with Crippen LogP contribution in [0.5, 0.6) is 0 Å². The number of aromatic nitrogens is 2. The molecule has 1 unspecified atom stereocenters. The lowest BCUT2D eigenvalue weighted by molar-refractivity contribution is -0.124. The van der Waals surface area contributed by atoms with E-state index in [9.17, 15) is 4.79 Å². The molecule has 5 heteroatoms. The number of imidazole rings is 1. The average Bonchev–Trinajstić information content (AvgIpc) is 2.79. The standard InChI is InChI=1S/C14H20N4O/c1-4-11(14(19)17-15)18-12-8-6-5-7-10(12)16-13(18)9(2)3/h5-9,11H,4,15H2,1-3H3,(H,17,19). The van der Waals surface area contributed by atoms with Crippen LogP contribution in [0.4, 0.5) is 0 Å². The molecular formula is C14H20N4O. The Hall–Kier alpha value is -1.88. The van der Waals surface area contributed by atoms with E-state index in [1.54, 1.807) is 0 Å². The highest BCUT2D eigenvalue weighted by Gasteiger charge is 2.24. The zero-order chi connectivity index (χ0) is 14.0. The van der Waals surface area contributed by atoms with Crippen molar-refractivity contribution >= 4 is 16.9 Å². The number of hydrogen-bond donors (Lipinski definition) is 2. The molecule has 1 heterocycles. The number of benzene rings is 1. The third-order valence-corrected chi connectivity index (χ3v) is 3.28. The van der Waals surface area contributed by atoms with Crippen LogP contribution in [0.15, 0.2) is 24.3 Å². The van der Waals surface area contributed by atoms with Gasteiger partial charge >= 0.3 is 0 Å². The second-order valence-electron chi connectivity index (χ2n) is 4.92. The maximum atomic E-state index is 12.0. The molecule has 19 heavy (non-hydrogen) atoms. The van der Waals surface area contributed by atoms with Gasteiger partial charge in [-0.3, -0.25) is 10.2 Å². The molecule has 0 aliphatic rings. The molecule has 102 valence electrons. The average molecular weight is 260 g/mol. The lowest BCUT2D eigenvalue weighted by Crippen LogP contribution is -2.37. The predicted molar refractivity (Wildman–Crippen MR) is 75.5 cm³/mol. The summed E-state index contributed by atoms with van der Waals surface area (Å²) in [6.07, 6.45) is 0.670. The van der Waals surface area contributed by atoms with Crippen LogP contribution in [0.3, 0.4) is 0 Å². The van der Waals surface area contributed by atoms with E-state index < -0.39 is 0 Å². The van der Waals surface area contributed by atoms with E-state index in [4.69, 9.17) is 5.84 Å². The maximum absolute atomic E-state index is 12.0. The summed E-state index contributed by atoms with van der Waals surface area (Å²) < 4.78 is 2.00. The first-order valence-electron chi connectivity index (χ1n) is 6.57. The summed E-state index contributed by atoms with van der Waals surface area (Å²) >= 11 is 0. The lowest BCUT2D eigenvalue weighted by atomic mass is 10.1. The van der Waals surface area contributed by atoms with Gasteiger partial charge in [-0.15, -0.1) is 0 Å². The summed E-state index contributed by atoms with van der Waals surface area (Å²) in [7, 11) is 0. The molecule has 0 aliphatic carbocycles. The highest BCUT2D eigenvalue weighted by molar-refractivity contribution is 5.84. The van der Waals surface area contributed by atoms with Gasteiger partial charge in [0.2, 0.25) is 0 Å². The number of carbonyl (C=O) groups is 1. The molecule has 0 aliphatic heterocycles. The third-order valence-electron chi connectivity index (χ3n) is 3.28. The van der Waals surface area contributed by atoms with Crippen molar-refractivity contribution in [3.05, 3.63) is 30.1 Å². The van der Waals surface area contributed by atoms with Gasteiger partial charge in [-0.2, -0.15) is 0 Å². The van der Waals surface area contributed by atoms with E-state index in [1.807, 2.05) is 35.8 Å². The second kappa shape index (κ2) is 5.40. The monoisotopic (exact) mass is 260 g/mol. The van der Waals surface area contributed by atoms with Gasteiger partial charge in [-0.25, -0.2) is 10.8 Å². The number of nitrogens with two attached hydrogens (primary N) is 1. The number of nitrogens with zero attached hydrogens (tertiary/aromatic N) is 2. The number of carbonyl (C=O) groups excluding carboxylic acids is 1. The van der Waals surface area contributed by atoms with E-state index in [1.165, 1.54) is 0 Å². The Bertz CT molecular complexity index is 588. The molecule has 5 nitrogen and oxygen atoms in total. The Balaban J connectivity index is 2.67. The fraction of sp³-hybridized carbons (Fsp3) is 0.429. The smallest absolute Gasteiger partial charge is 0.256 e. The van der Waals surface area contributed by atoms with Crippen molar-refractivity contribution in [3.8, 4) is 0 Å². The van der Waals surface area contributed by atoms with Gasteiger partial charge in [-0.1, -0.05) is 32.9 Å². The molecule has 1 aromatic carbocycles. The van der Waals surface area contributed by atoms with Crippen LogP contribution in [-0.2, 0) is 4.79 Å². The highest BCUT2D eigenvalue weighted by atomic mass is 16.2. The first-order chi connectivity index (χ1) is 9.10. The molecule has 0 spiro atoms. The topological polar surface area (TPSA) is 72.9 Å². The molecule has 2 aromatic rings. The molecule has 0 saturated carbocycles. The number of rotatable bonds is 4. The van der Waals surface area contributed by atoms with Crippen LogP contribution >= 0.6 is 0 Å². The van der Waals surface area contributed by atoms with Crippen molar-refractivity contribution in [1.82, 2.24) is 15.0 Å². The summed E-state index contributed by atoms with van der Waals surface area (Å²) in [5.41, 5.74) is 4.13. The van der Waals surface area contributed by atoms with Crippen LogP contribution in [0, 0.1) is 0 Å². The second-order valence-corrected chi connectivity index (χ2v) is 4.92. The molecule has 3 N–H and O–H groups in total. The van der Waals surface area contributed by atoms with Crippen LogP contribution in [-0.4, -0.2) is 15.5 Å². The van der Waals surface area contributed by atoms with Crippen LogP contribution in [0.25, 0.3) is 11.0 Å². The minimum Gasteiger partial charge on any atom is -0.315 e. The normalized spacial score (nSPS) is 12.9. The van der Waals surface area contributed by atoms with Gasteiger partial charge in [0.05, 0.1) is 11.0 Å². The number of fused-ring (bicyclic) bond motifs is 1. The quantitative estimate of drug-likeness (QED) is 0.502. The molecule has 0 bridgehead atoms. The van der Waals surface area contributed by atoms with Crippen molar-refractivity contribution in [3.63, 3.8) is 0 Å². The molecule has 1 amide bonds. The van der Waals surface area contributed by atoms with E-state index in [-0.39, 0.29) is 17.9 Å². The van der Waals surface area contributed by atoms with Gasteiger partial charge < -0.3 is 4.57 Å². The molecule has 1 aromatic heterocycles. The molecular weight excluding hydrogens is 240 g/mol. The number of hydrogen-bond acceptors (Lipinski definition) is 3. The Kier molecular flexibility index (Phi) is 3.85. The number of amides is 1. The van der Waals surface area contributed by atoms with Crippen LogP contribution in [0.2, 0.25) is 0 Å². The maximum Gasteiger partial charge on any atom is 0.256 e. The Morgan fingerprint density at radius 1 is 1.42 bits per heavy atom. The van der Waals surface area contributed by atoms with E-state index in [0.29, 0.717) is 6.42 Å². The molecule has 0 saturated heterocycles. The zero-order valence-corrected chi connectivity index (χ0v) is 11.6. The molecule has 0 fully saturated rings. The number of para-hydroxylation sites is 2. The van der Waals surface area contributed by atoms with Crippen LogP contribution in [0.1, 0.15) is 45.0 Å². The largest absolute Gasteiger partial charge is 0.315 e. The van der Waals surface area contributed by atoms with E-state index in [2.05, 4.69) is 24.3 Å². The Labute approximate surface area is 112 Å². The zero-order valence-electron chi connectivity index (χ0n) is 11.6. The molecule has 1 atom stereocenters. The van der Waals surface area contributed by atoms with Crippen molar-refractivity contribution in [2.24, 2.45) is 5.84 Å². The first kappa shape index (κ1) is 13.5. The SMILES string of the molecule is CCC(C(=O)NN)n1c(C(C)C)nc2ccccc21. The fourth-order valence-corrected chi connectivity index (χ4v) is 2.38. The summed E-state index contributed by atoms with van der Waals surface area (Å²) in [6.45, 7) is 6.12. The molecule has 0 radical (unpaired) electrons. The van der Waals surface area contributed by atoms with Crippen molar-refractivity contribution in [1.29, 1.82) is 0 Å². The van der Waals surface area contributed by atoms with Crippen molar-refractivity contribution < 1.29 is 4.79 Å². The first-order valence-corrected chi connectivity index (χ1v) is 6.57. The highest BCUT2D eigenvalue weighted by Crippen LogP contribution is 2.27. The minimum absolute atomic E-state index is 0.187. The number of hydrazine groups is 1. The summed E-state index contributed by atoms with van der Waals surface area (Å²) in [5.74, 6) is 6.26. The van der Waals surface area contributed by atoms with Gasteiger partial charge in [-0.05, 0) is 18.6 Å². The summed E-state index contributed by atoms with van der Waals surface area (Å²) in [6, 6.07) is 7.53. The Morgan fingerprint density at radius 2 is 2.11 bits per heavy atom. The summed E-state index contributed by atoms with van der Waals surface area (Å²) in [4.78, 5) is 16.6. The molecule has 2 rings (SSSR count). The Morgan fingerprint density at radius 3 is 2.68 bits per heavy atom. The van der Waals surface area contributed by atoms with E-state index in [0.717, 1.165) is 16.9 Å². The minimum atomic E-state index is -0.324. The van der Waals surface area contributed by atoms with E-state index >= 15 is 0 Å². The fourth-order valence-electron chi connectivity index (χ4n) is 2.38. The van der Waals surface area contributed by atoms with Crippen molar-refractivity contribution in [2.45, 2.75) is 39.2 Å². The lowest BCUT2D eigenvalue weighted by Gasteiger charge is -2.20. The number of nitrogens with one attached hydrogen (secondary N) is 1.